The topological polar surface area (TPSA) is 51.8 Å². The number of hydrogen-bond acceptors (Lipinski definition) is 3. The van der Waals surface area contributed by atoms with Gasteiger partial charge < -0.3 is 5.73 Å². The molecular formula is C22H21N3. The second-order valence-corrected chi connectivity index (χ2v) is 6.70. The summed E-state index contributed by atoms with van der Waals surface area (Å²) in [6.45, 7) is 4.19. The molecule has 1 aliphatic rings. The fourth-order valence-corrected chi connectivity index (χ4v) is 3.34. The van der Waals surface area contributed by atoms with Crippen molar-refractivity contribution in [2.24, 2.45) is 0 Å². The average Bonchev–Trinajstić information content (AvgIpc) is 3.00. The van der Waals surface area contributed by atoms with Crippen LogP contribution in [0.5, 0.6) is 0 Å². The van der Waals surface area contributed by atoms with Gasteiger partial charge in [-0.2, -0.15) is 0 Å². The molecule has 2 N–H and O–H groups in total. The van der Waals surface area contributed by atoms with Gasteiger partial charge in [-0.15, -0.1) is 0 Å². The Kier molecular flexibility index (Phi) is 3.85. The fraction of sp³-hybridized carbons (Fsp3) is 0.182. The van der Waals surface area contributed by atoms with Crippen molar-refractivity contribution < 1.29 is 0 Å². The Balaban J connectivity index is 1.80. The second kappa shape index (κ2) is 6.17. The summed E-state index contributed by atoms with van der Waals surface area (Å²) in [4.78, 5) is 9.09. The van der Waals surface area contributed by atoms with Gasteiger partial charge in [0.25, 0.3) is 0 Å². The maximum absolute atomic E-state index is 6.02. The number of aromatic nitrogens is 2. The van der Waals surface area contributed by atoms with E-state index in [2.05, 4.69) is 78.4 Å². The van der Waals surface area contributed by atoms with E-state index in [1.165, 1.54) is 27.8 Å². The monoisotopic (exact) mass is 327 g/mol. The van der Waals surface area contributed by atoms with E-state index in [9.17, 15) is 0 Å². The minimum absolute atomic E-state index is 0.339. The zero-order chi connectivity index (χ0) is 17.4. The average molecular weight is 327 g/mol. The van der Waals surface area contributed by atoms with Crippen molar-refractivity contribution in [3.05, 3.63) is 76.5 Å². The first-order valence-electron chi connectivity index (χ1n) is 8.61. The normalized spacial score (nSPS) is 14.7. The highest BCUT2D eigenvalue weighted by Gasteiger charge is 2.23. The van der Waals surface area contributed by atoms with Gasteiger partial charge in [-0.05, 0) is 43.9 Å². The van der Waals surface area contributed by atoms with Gasteiger partial charge in [0.1, 0.15) is 0 Å². The lowest BCUT2D eigenvalue weighted by atomic mass is 10.0. The molecule has 3 nitrogen and oxygen atoms in total. The van der Waals surface area contributed by atoms with E-state index < -0.39 is 0 Å². The highest BCUT2D eigenvalue weighted by Crippen LogP contribution is 2.37. The van der Waals surface area contributed by atoms with Crippen LogP contribution >= 0.6 is 0 Å². The zero-order valence-corrected chi connectivity index (χ0v) is 14.6. The third-order valence-electron chi connectivity index (χ3n) is 4.72. The molecule has 0 unspecified atom stereocenters. The predicted molar refractivity (Wildman–Crippen MR) is 104 cm³/mol. The maximum Gasteiger partial charge on any atom is 0.221 e. The Bertz CT molecular complexity index is 952. The van der Waals surface area contributed by atoms with Crippen LogP contribution < -0.4 is 5.73 Å². The maximum atomic E-state index is 6.02. The van der Waals surface area contributed by atoms with Crippen molar-refractivity contribution in [1.82, 2.24) is 9.97 Å². The Morgan fingerprint density at radius 3 is 2.08 bits per heavy atom. The van der Waals surface area contributed by atoms with Crippen molar-refractivity contribution in [2.45, 2.75) is 26.7 Å². The van der Waals surface area contributed by atoms with Gasteiger partial charge in [0.05, 0.1) is 11.4 Å². The van der Waals surface area contributed by atoms with Crippen molar-refractivity contribution in [2.75, 3.05) is 5.73 Å². The Morgan fingerprint density at radius 1 is 0.800 bits per heavy atom. The van der Waals surface area contributed by atoms with Crippen LogP contribution in [0.3, 0.4) is 0 Å². The molecule has 0 saturated carbocycles. The van der Waals surface area contributed by atoms with Gasteiger partial charge >= 0.3 is 0 Å². The molecule has 0 spiro atoms. The third-order valence-corrected chi connectivity index (χ3v) is 4.72. The van der Waals surface area contributed by atoms with Crippen molar-refractivity contribution in [3.8, 4) is 11.3 Å². The Labute approximate surface area is 148 Å². The van der Waals surface area contributed by atoms with Crippen LogP contribution in [0.4, 0.5) is 5.95 Å². The van der Waals surface area contributed by atoms with E-state index >= 15 is 0 Å². The van der Waals surface area contributed by atoms with E-state index in [0.29, 0.717) is 5.95 Å². The molecule has 0 amide bonds. The molecule has 2 aromatic carbocycles. The fourth-order valence-electron chi connectivity index (χ4n) is 3.34. The first kappa shape index (κ1) is 15.6. The van der Waals surface area contributed by atoms with Gasteiger partial charge in [-0.3, -0.25) is 0 Å². The molecule has 4 rings (SSSR count). The number of allylic oxidation sites excluding steroid dienone is 1. The lowest BCUT2D eigenvalue weighted by molar-refractivity contribution is 1.06. The van der Waals surface area contributed by atoms with Crippen LogP contribution in [0.25, 0.3) is 22.9 Å². The Hall–Kier alpha value is -2.94. The number of nitrogens with two attached hydrogens (primary N) is 1. The Morgan fingerprint density at radius 2 is 1.40 bits per heavy atom. The van der Waals surface area contributed by atoms with Gasteiger partial charge in [0, 0.05) is 11.1 Å². The molecule has 124 valence electrons. The highest BCUT2D eigenvalue weighted by molar-refractivity contribution is 5.86. The van der Waals surface area contributed by atoms with Crippen molar-refractivity contribution in [1.29, 1.82) is 0 Å². The lowest BCUT2D eigenvalue weighted by Gasteiger charge is -2.09. The van der Waals surface area contributed by atoms with Gasteiger partial charge in [0.15, 0.2) is 0 Å². The molecule has 0 atom stereocenters. The minimum atomic E-state index is 0.339. The molecule has 1 aromatic heterocycles. The molecule has 3 aromatic rings. The first-order chi connectivity index (χ1) is 12.1. The van der Waals surface area contributed by atoms with E-state index in [4.69, 9.17) is 5.73 Å². The number of nitrogens with zero attached hydrogens (tertiary/aromatic N) is 2. The number of nitrogen functional groups attached to an aromatic ring is 1. The standard InChI is InChI=1S/C22H21N3/c1-14-3-7-16(8-4-14)13-18-11-12-19-20(24-22(23)25-21(18)19)17-9-5-15(2)6-10-17/h3-10,13H,11-12H2,1-2H3,(H2,23,24,25)/b18-13+. The van der Waals surface area contributed by atoms with Crippen LogP contribution in [0.1, 0.15) is 34.4 Å². The number of hydrogen-bond donors (Lipinski definition) is 1. The molecule has 0 fully saturated rings. The number of anilines is 1. The SMILES string of the molecule is Cc1ccc(/C=C2\CCc3c2nc(N)nc3-c2ccc(C)cc2)cc1. The van der Waals surface area contributed by atoms with Crippen LogP contribution in [-0.2, 0) is 6.42 Å². The summed E-state index contributed by atoms with van der Waals surface area (Å²) in [5.74, 6) is 0.339. The minimum Gasteiger partial charge on any atom is -0.368 e. The number of benzene rings is 2. The molecule has 0 saturated heterocycles. The molecule has 1 aliphatic carbocycles. The van der Waals surface area contributed by atoms with E-state index in [-0.39, 0.29) is 0 Å². The number of rotatable bonds is 2. The molecule has 1 heterocycles. The van der Waals surface area contributed by atoms with Crippen LogP contribution in [0.15, 0.2) is 48.5 Å². The molecule has 25 heavy (non-hydrogen) atoms. The van der Waals surface area contributed by atoms with Crippen molar-refractivity contribution >= 4 is 17.6 Å². The summed E-state index contributed by atoms with van der Waals surface area (Å²) < 4.78 is 0. The van der Waals surface area contributed by atoms with E-state index in [0.717, 1.165) is 29.8 Å². The second-order valence-electron chi connectivity index (χ2n) is 6.70. The van der Waals surface area contributed by atoms with E-state index in [1.54, 1.807) is 0 Å². The summed E-state index contributed by atoms with van der Waals surface area (Å²) in [5, 5.41) is 0. The smallest absolute Gasteiger partial charge is 0.221 e. The molecule has 3 heteroatoms. The summed E-state index contributed by atoms with van der Waals surface area (Å²) in [7, 11) is 0. The largest absolute Gasteiger partial charge is 0.368 e. The molecule has 0 radical (unpaired) electrons. The highest BCUT2D eigenvalue weighted by atomic mass is 15.0. The molecular weight excluding hydrogens is 306 g/mol. The quantitative estimate of drug-likeness (QED) is 0.733. The number of aryl methyl sites for hydroxylation is 2. The van der Waals surface area contributed by atoms with Gasteiger partial charge in [0.2, 0.25) is 5.95 Å². The summed E-state index contributed by atoms with van der Waals surface area (Å²) >= 11 is 0. The summed E-state index contributed by atoms with van der Waals surface area (Å²) in [6.07, 6.45) is 4.15. The predicted octanol–water partition coefficient (Wildman–Crippen LogP) is 4.83. The number of fused-ring (bicyclic) bond motifs is 1. The van der Waals surface area contributed by atoms with Crippen molar-refractivity contribution in [3.63, 3.8) is 0 Å². The molecule has 0 aliphatic heterocycles. The van der Waals surface area contributed by atoms with Crippen LogP contribution in [0.2, 0.25) is 0 Å². The van der Waals surface area contributed by atoms with Gasteiger partial charge in [-0.1, -0.05) is 59.7 Å². The summed E-state index contributed by atoms with van der Waals surface area (Å²) in [6, 6.07) is 17.0. The lowest BCUT2D eigenvalue weighted by Crippen LogP contribution is -2.02. The van der Waals surface area contributed by atoms with Gasteiger partial charge in [-0.25, -0.2) is 9.97 Å². The third kappa shape index (κ3) is 3.05. The summed E-state index contributed by atoms with van der Waals surface area (Å²) in [5.41, 5.74) is 15.2. The van der Waals surface area contributed by atoms with Crippen LogP contribution in [0, 0.1) is 13.8 Å². The van der Waals surface area contributed by atoms with E-state index in [1.807, 2.05) is 0 Å². The first-order valence-corrected chi connectivity index (χ1v) is 8.61. The van der Waals surface area contributed by atoms with Crippen LogP contribution in [-0.4, -0.2) is 9.97 Å². The zero-order valence-electron chi connectivity index (χ0n) is 14.6. The molecule has 0 bridgehead atoms.